The average Bonchev–Trinajstić information content (AvgIpc) is 2.53. The maximum absolute atomic E-state index is 4.41. The van der Waals surface area contributed by atoms with Crippen molar-refractivity contribution in [1.29, 1.82) is 0 Å². The molecule has 0 aliphatic rings. The normalized spacial score (nSPS) is 10.2. The summed E-state index contributed by atoms with van der Waals surface area (Å²) < 4.78 is 0. The van der Waals surface area contributed by atoms with E-state index in [9.17, 15) is 0 Å². The highest BCUT2D eigenvalue weighted by Crippen LogP contribution is 2.25. The minimum atomic E-state index is 0.493. The SMILES string of the molecule is C=CCNc1nncc(Nc2c(CC)cccc2CC)n1. The second-order valence-corrected chi connectivity index (χ2v) is 4.62. The van der Waals surface area contributed by atoms with Gasteiger partial charge in [-0.15, -0.1) is 11.7 Å². The molecule has 2 aromatic rings. The van der Waals surface area contributed by atoms with Crippen molar-refractivity contribution in [3.63, 3.8) is 0 Å². The predicted molar refractivity (Wildman–Crippen MR) is 87.0 cm³/mol. The van der Waals surface area contributed by atoms with E-state index in [0.717, 1.165) is 18.5 Å². The highest BCUT2D eigenvalue weighted by atomic mass is 15.3. The van der Waals surface area contributed by atoms with E-state index in [1.165, 1.54) is 11.1 Å². The molecule has 0 fully saturated rings. The molecule has 110 valence electrons. The first-order valence-corrected chi connectivity index (χ1v) is 7.20. The van der Waals surface area contributed by atoms with E-state index in [2.05, 4.69) is 64.4 Å². The van der Waals surface area contributed by atoms with Gasteiger partial charge < -0.3 is 10.6 Å². The van der Waals surface area contributed by atoms with Gasteiger partial charge >= 0.3 is 0 Å². The molecule has 0 radical (unpaired) electrons. The second-order valence-electron chi connectivity index (χ2n) is 4.62. The number of para-hydroxylation sites is 1. The molecule has 5 nitrogen and oxygen atoms in total. The summed E-state index contributed by atoms with van der Waals surface area (Å²) in [5, 5.41) is 14.3. The van der Waals surface area contributed by atoms with Crippen LogP contribution >= 0.6 is 0 Å². The van der Waals surface area contributed by atoms with Crippen molar-refractivity contribution in [2.24, 2.45) is 0 Å². The number of rotatable bonds is 7. The second kappa shape index (κ2) is 7.38. The predicted octanol–water partition coefficient (Wildman–Crippen LogP) is 3.34. The molecule has 2 rings (SSSR count). The number of nitrogens with zero attached hydrogens (tertiary/aromatic N) is 3. The lowest BCUT2D eigenvalue weighted by atomic mass is 10.0. The number of benzene rings is 1. The highest BCUT2D eigenvalue weighted by molar-refractivity contribution is 5.65. The lowest BCUT2D eigenvalue weighted by molar-refractivity contribution is 0.965. The number of aryl methyl sites for hydroxylation is 2. The molecule has 0 aliphatic carbocycles. The fourth-order valence-electron chi connectivity index (χ4n) is 2.13. The Labute approximate surface area is 125 Å². The molecule has 1 aromatic carbocycles. The first-order chi connectivity index (χ1) is 10.3. The maximum atomic E-state index is 4.41. The lowest BCUT2D eigenvalue weighted by Gasteiger charge is -2.14. The number of hydrogen-bond acceptors (Lipinski definition) is 5. The van der Waals surface area contributed by atoms with E-state index in [-0.39, 0.29) is 0 Å². The number of aromatic nitrogens is 3. The summed E-state index contributed by atoms with van der Waals surface area (Å²) >= 11 is 0. The van der Waals surface area contributed by atoms with Crippen LogP contribution in [0.5, 0.6) is 0 Å². The molecule has 21 heavy (non-hydrogen) atoms. The van der Waals surface area contributed by atoms with Crippen LogP contribution in [0.25, 0.3) is 0 Å². The third kappa shape index (κ3) is 3.78. The van der Waals surface area contributed by atoms with Gasteiger partial charge in [0, 0.05) is 12.2 Å². The molecule has 0 amide bonds. The minimum Gasteiger partial charge on any atom is -0.349 e. The third-order valence-corrected chi connectivity index (χ3v) is 3.22. The van der Waals surface area contributed by atoms with Crippen LogP contribution in [0.3, 0.4) is 0 Å². The number of anilines is 3. The monoisotopic (exact) mass is 283 g/mol. The van der Waals surface area contributed by atoms with E-state index in [1.54, 1.807) is 12.3 Å². The van der Waals surface area contributed by atoms with Crippen molar-refractivity contribution in [2.45, 2.75) is 26.7 Å². The molecule has 0 unspecified atom stereocenters. The van der Waals surface area contributed by atoms with Gasteiger partial charge in [0.25, 0.3) is 0 Å². The molecule has 2 N–H and O–H groups in total. The van der Waals surface area contributed by atoms with Gasteiger partial charge in [0.15, 0.2) is 5.82 Å². The van der Waals surface area contributed by atoms with Crippen LogP contribution in [0.2, 0.25) is 0 Å². The lowest BCUT2D eigenvalue weighted by Crippen LogP contribution is -2.07. The summed E-state index contributed by atoms with van der Waals surface area (Å²) in [6, 6.07) is 6.36. The molecule has 0 atom stereocenters. The van der Waals surface area contributed by atoms with Crippen molar-refractivity contribution < 1.29 is 0 Å². The standard InChI is InChI=1S/C16H21N5/c1-4-10-17-16-20-14(11-18-21-16)19-15-12(5-2)8-7-9-13(15)6-3/h4,7-9,11H,1,5-6,10H2,2-3H3,(H2,17,19,20,21). The summed E-state index contributed by atoms with van der Waals surface area (Å²) in [5.41, 5.74) is 3.67. The summed E-state index contributed by atoms with van der Waals surface area (Å²) in [7, 11) is 0. The zero-order chi connectivity index (χ0) is 15.1. The average molecular weight is 283 g/mol. The third-order valence-electron chi connectivity index (χ3n) is 3.22. The molecule has 1 aromatic heterocycles. The quantitative estimate of drug-likeness (QED) is 0.763. The van der Waals surface area contributed by atoms with E-state index >= 15 is 0 Å². The highest BCUT2D eigenvalue weighted by Gasteiger charge is 2.08. The summed E-state index contributed by atoms with van der Waals surface area (Å²) in [6.45, 7) is 8.56. The molecule has 0 aliphatic heterocycles. The molecule has 0 saturated heterocycles. The first kappa shape index (κ1) is 15.0. The molecular weight excluding hydrogens is 262 g/mol. The van der Waals surface area contributed by atoms with Crippen LogP contribution in [-0.2, 0) is 12.8 Å². The molecule has 1 heterocycles. The van der Waals surface area contributed by atoms with Crippen LogP contribution in [0, 0.1) is 0 Å². The maximum Gasteiger partial charge on any atom is 0.244 e. The van der Waals surface area contributed by atoms with Gasteiger partial charge in [-0.25, -0.2) is 0 Å². The summed E-state index contributed by atoms with van der Waals surface area (Å²) in [5.74, 6) is 1.18. The fourth-order valence-corrected chi connectivity index (χ4v) is 2.13. The molecular formula is C16H21N5. The van der Waals surface area contributed by atoms with Crippen molar-refractivity contribution in [3.8, 4) is 0 Å². The van der Waals surface area contributed by atoms with Crippen molar-refractivity contribution in [1.82, 2.24) is 15.2 Å². The van der Waals surface area contributed by atoms with E-state index in [4.69, 9.17) is 0 Å². The van der Waals surface area contributed by atoms with Gasteiger partial charge in [0.1, 0.15) is 0 Å². The molecule has 5 heteroatoms. The van der Waals surface area contributed by atoms with Gasteiger partial charge in [-0.1, -0.05) is 38.1 Å². The first-order valence-electron chi connectivity index (χ1n) is 7.20. The summed E-state index contributed by atoms with van der Waals surface area (Å²) in [6.07, 6.45) is 5.32. The Bertz CT molecular complexity index is 587. The van der Waals surface area contributed by atoms with Crippen molar-refractivity contribution in [3.05, 3.63) is 48.2 Å². The minimum absolute atomic E-state index is 0.493. The van der Waals surface area contributed by atoms with Crippen LogP contribution in [-0.4, -0.2) is 21.7 Å². The number of hydrogen-bond donors (Lipinski definition) is 2. The zero-order valence-electron chi connectivity index (χ0n) is 12.6. The Morgan fingerprint density at radius 2 is 1.90 bits per heavy atom. The van der Waals surface area contributed by atoms with Crippen LogP contribution in [0.4, 0.5) is 17.5 Å². The smallest absolute Gasteiger partial charge is 0.244 e. The van der Waals surface area contributed by atoms with Crippen molar-refractivity contribution in [2.75, 3.05) is 17.2 Å². The Kier molecular flexibility index (Phi) is 5.26. The Hall–Kier alpha value is -2.43. The van der Waals surface area contributed by atoms with Gasteiger partial charge in [-0.05, 0) is 24.0 Å². The van der Waals surface area contributed by atoms with Crippen LogP contribution < -0.4 is 10.6 Å². The van der Waals surface area contributed by atoms with Gasteiger partial charge in [0.05, 0.1) is 6.20 Å². The largest absolute Gasteiger partial charge is 0.349 e. The Balaban J connectivity index is 2.27. The van der Waals surface area contributed by atoms with Gasteiger partial charge in [-0.3, -0.25) is 0 Å². The van der Waals surface area contributed by atoms with E-state index in [1.807, 2.05) is 0 Å². The van der Waals surface area contributed by atoms with Gasteiger partial charge in [0.2, 0.25) is 5.95 Å². The van der Waals surface area contributed by atoms with E-state index in [0.29, 0.717) is 18.3 Å². The fraction of sp³-hybridized carbons (Fsp3) is 0.312. The Morgan fingerprint density at radius 1 is 1.19 bits per heavy atom. The van der Waals surface area contributed by atoms with Crippen LogP contribution in [0.15, 0.2) is 37.1 Å². The summed E-state index contributed by atoms with van der Waals surface area (Å²) in [4.78, 5) is 4.41. The number of nitrogens with one attached hydrogen (secondary N) is 2. The Morgan fingerprint density at radius 3 is 2.52 bits per heavy atom. The topological polar surface area (TPSA) is 62.7 Å². The molecule has 0 spiro atoms. The van der Waals surface area contributed by atoms with Crippen LogP contribution in [0.1, 0.15) is 25.0 Å². The molecule has 0 bridgehead atoms. The van der Waals surface area contributed by atoms with Gasteiger partial charge in [-0.2, -0.15) is 10.1 Å². The zero-order valence-corrected chi connectivity index (χ0v) is 12.6. The van der Waals surface area contributed by atoms with Crippen molar-refractivity contribution >= 4 is 17.5 Å². The molecule has 0 saturated carbocycles. The van der Waals surface area contributed by atoms with E-state index < -0.39 is 0 Å².